The van der Waals surface area contributed by atoms with E-state index in [1.165, 1.54) is 12.1 Å². The van der Waals surface area contributed by atoms with E-state index in [4.69, 9.17) is 5.73 Å². The molecule has 0 aliphatic carbocycles. The van der Waals surface area contributed by atoms with E-state index < -0.39 is 0 Å². The summed E-state index contributed by atoms with van der Waals surface area (Å²) in [6, 6.07) is 4.36. The van der Waals surface area contributed by atoms with E-state index in [0.29, 0.717) is 12.8 Å². The van der Waals surface area contributed by atoms with Crippen molar-refractivity contribution in [3.63, 3.8) is 0 Å². The van der Waals surface area contributed by atoms with Crippen molar-refractivity contribution in [2.45, 2.75) is 46.6 Å². The predicted octanol–water partition coefficient (Wildman–Crippen LogP) is 3.01. The number of halogens is 1. The lowest BCUT2D eigenvalue weighted by atomic mass is 9.83. The third-order valence-corrected chi connectivity index (χ3v) is 3.25. The molecule has 0 spiro atoms. The molecule has 2 nitrogen and oxygen atoms in total. The van der Waals surface area contributed by atoms with Crippen LogP contribution in [0.2, 0.25) is 0 Å². The molecule has 0 aliphatic heterocycles. The van der Waals surface area contributed by atoms with E-state index >= 15 is 0 Å². The van der Waals surface area contributed by atoms with Crippen LogP contribution in [0.25, 0.3) is 0 Å². The molecule has 0 heterocycles. The second kappa shape index (κ2) is 5.61. The number of hydrogen-bond acceptors (Lipinski definition) is 2. The lowest BCUT2D eigenvalue weighted by molar-refractivity contribution is -0.119. The fourth-order valence-electron chi connectivity index (χ4n) is 1.69. The number of carbonyl (C=O) groups is 1. The van der Waals surface area contributed by atoms with E-state index in [9.17, 15) is 9.18 Å². The van der Waals surface area contributed by atoms with Crippen molar-refractivity contribution in [1.82, 2.24) is 0 Å². The maximum atomic E-state index is 12.9. The number of hydrogen-bond donors (Lipinski definition) is 1. The van der Waals surface area contributed by atoms with Gasteiger partial charge < -0.3 is 5.73 Å². The summed E-state index contributed by atoms with van der Waals surface area (Å²) in [6.07, 6.45) is 0.691. The molecule has 1 atom stereocenters. The third-order valence-electron chi connectivity index (χ3n) is 3.25. The average Bonchev–Trinajstić information content (AvgIpc) is 2.20. The van der Waals surface area contributed by atoms with Crippen molar-refractivity contribution in [3.05, 3.63) is 35.1 Å². The molecule has 1 aromatic rings. The van der Waals surface area contributed by atoms with Crippen molar-refractivity contribution >= 4 is 5.78 Å². The normalized spacial score (nSPS) is 13.4. The van der Waals surface area contributed by atoms with Crippen LogP contribution in [0.15, 0.2) is 18.2 Å². The first kappa shape index (κ1) is 14.8. The van der Waals surface area contributed by atoms with Gasteiger partial charge in [-0.15, -0.1) is 0 Å². The molecule has 0 saturated carbocycles. The summed E-state index contributed by atoms with van der Waals surface area (Å²) >= 11 is 0. The van der Waals surface area contributed by atoms with Crippen molar-refractivity contribution in [1.29, 1.82) is 0 Å². The number of benzene rings is 1. The molecule has 100 valence electrons. The minimum absolute atomic E-state index is 0.0759. The summed E-state index contributed by atoms with van der Waals surface area (Å²) in [5, 5.41) is 0. The summed E-state index contributed by atoms with van der Waals surface area (Å²) in [6.45, 7) is 7.88. The highest BCUT2D eigenvalue weighted by molar-refractivity contribution is 5.81. The molecular formula is C15H22FNO. The molecule has 0 aromatic heterocycles. The lowest BCUT2D eigenvalue weighted by Gasteiger charge is -2.26. The zero-order valence-corrected chi connectivity index (χ0v) is 11.6. The molecule has 0 radical (unpaired) electrons. The summed E-state index contributed by atoms with van der Waals surface area (Å²) in [5.74, 6) is -0.165. The predicted molar refractivity (Wildman–Crippen MR) is 71.9 cm³/mol. The summed E-state index contributed by atoms with van der Waals surface area (Å²) in [7, 11) is 0. The SMILES string of the molecule is Cc1cc(F)ccc1CC(=O)CC(N)C(C)(C)C. The molecule has 0 bridgehead atoms. The highest BCUT2D eigenvalue weighted by atomic mass is 19.1. The fourth-order valence-corrected chi connectivity index (χ4v) is 1.69. The van der Waals surface area contributed by atoms with Crippen LogP contribution in [0.3, 0.4) is 0 Å². The Bertz CT molecular complexity index is 435. The van der Waals surface area contributed by atoms with Crippen LogP contribution in [0.5, 0.6) is 0 Å². The fraction of sp³-hybridized carbons (Fsp3) is 0.533. The van der Waals surface area contributed by atoms with Crippen molar-refractivity contribution in [2.75, 3.05) is 0 Å². The Balaban J connectivity index is 2.65. The van der Waals surface area contributed by atoms with E-state index in [1.807, 2.05) is 27.7 Å². The molecule has 0 fully saturated rings. The van der Waals surface area contributed by atoms with Crippen LogP contribution in [0.1, 0.15) is 38.3 Å². The number of rotatable bonds is 4. The summed E-state index contributed by atoms with van der Waals surface area (Å²) in [5.41, 5.74) is 7.60. The molecule has 0 aliphatic rings. The Kier molecular flexibility index (Phi) is 4.63. The Morgan fingerprint density at radius 1 is 1.39 bits per heavy atom. The number of nitrogens with two attached hydrogens (primary N) is 1. The van der Waals surface area contributed by atoms with Gasteiger partial charge in [0, 0.05) is 18.9 Å². The minimum Gasteiger partial charge on any atom is -0.327 e. The summed E-state index contributed by atoms with van der Waals surface area (Å²) < 4.78 is 12.9. The summed E-state index contributed by atoms with van der Waals surface area (Å²) in [4.78, 5) is 11.9. The highest BCUT2D eigenvalue weighted by Gasteiger charge is 2.23. The van der Waals surface area contributed by atoms with Crippen molar-refractivity contribution < 1.29 is 9.18 Å². The van der Waals surface area contributed by atoms with Crippen LogP contribution < -0.4 is 5.73 Å². The molecule has 1 unspecified atom stereocenters. The van der Waals surface area contributed by atoms with Gasteiger partial charge in [-0.3, -0.25) is 4.79 Å². The Hall–Kier alpha value is -1.22. The van der Waals surface area contributed by atoms with Crippen LogP contribution in [0.4, 0.5) is 4.39 Å². The van der Waals surface area contributed by atoms with Crippen molar-refractivity contribution in [2.24, 2.45) is 11.1 Å². The average molecular weight is 251 g/mol. The molecule has 1 rings (SSSR count). The van der Waals surface area contributed by atoms with E-state index in [2.05, 4.69) is 0 Å². The van der Waals surface area contributed by atoms with Gasteiger partial charge in [0.25, 0.3) is 0 Å². The first-order chi connectivity index (χ1) is 8.20. The Morgan fingerprint density at radius 3 is 2.50 bits per heavy atom. The van der Waals surface area contributed by atoms with Crippen LogP contribution >= 0.6 is 0 Å². The smallest absolute Gasteiger partial charge is 0.138 e. The molecule has 1 aromatic carbocycles. The van der Waals surface area contributed by atoms with Gasteiger partial charge in [-0.2, -0.15) is 0 Å². The number of carbonyl (C=O) groups excluding carboxylic acids is 1. The third kappa shape index (κ3) is 4.22. The van der Waals surface area contributed by atoms with Gasteiger partial charge in [0.05, 0.1) is 0 Å². The zero-order valence-electron chi connectivity index (χ0n) is 11.6. The number of Topliss-reactive ketones (excluding diaryl/α,β-unsaturated/α-hetero) is 1. The van der Waals surface area contributed by atoms with Crippen LogP contribution in [0, 0.1) is 18.2 Å². The van der Waals surface area contributed by atoms with Crippen LogP contribution in [-0.4, -0.2) is 11.8 Å². The van der Waals surface area contributed by atoms with Gasteiger partial charge in [0.1, 0.15) is 11.6 Å². The van der Waals surface area contributed by atoms with Crippen LogP contribution in [-0.2, 0) is 11.2 Å². The first-order valence-electron chi connectivity index (χ1n) is 6.22. The second-order valence-electron chi connectivity index (χ2n) is 5.96. The Morgan fingerprint density at radius 2 is 2.00 bits per heavy atom. The van der Waals surface area contributed by atoms with E-state index in [-0.39, 0.29) is 23.1 Å². The molecule has 18 heavy (non-hydrogen) atoms. The van der Waals surface area contributed by atoms with E-state index in [0.717, 1.165) is 11.1 Å². The van der Waals surface area contributed by atoms with Gasteiger partial charge in [-0.1, -0.05) is 26.8 Å². The van der Waals surface area contributed by atoms with Gasteiger partial charge in [-0.05, 0) is 35.6 Å². The maximum absolute atomic E-state index is 12.9. The molecule has 3 heteroatoms. The monoisotopic (exact) mass is 251 g/mol. The van der Waals surface area contributed by atoms with Crippen molar-refractivity contribution in [3.8, 4) is 0 Å². The van der Waals surface area contributed by atoms with Gasteiger partial charge in [0.15, 0.2) is 0 Å². The zero-order chi connectivity index (χ0) is 13.9. The largest absolute Gasteiger partial charge is 0.327 e. The molecule has 2 N–H and O–H groups in total. The van der Waals surface area contributed by atoms with Gasteiger partial charge in [-0.25, -0.2) is 4.39 Å². The minimum atomic E-state index is -0.268. The van der Waals surface area contributed by atoms with E-state index in [1.54, 1.807) is 6.07 Å². The quantitative estimate of drug-likeness (QED) is 0.894. The van der Waals surface area contributed by atoms with Gasteiger partial charge >= 0.3 is 0 Å². The second-order valence-corrected chi connectivity index (χ2v) is 5.96. The standard InChI is InChI=1S/C15H22FNO/c1-10-7-12(16)6-5-11(10)8-13(18)9-14(17)15(2,3)4/h5-7,14H,8-9,17H2,1-4H3. The Labute approximate surface area is 108 Å². The topological polar surface area (TPSA) is 43.1 Å². The lowest BCUT2D eigenvalue weighted by Crippen LogP contribution is -2.37. The first-order valence-corrected chi connectivity index (χ1v) is 6.22. The molecule has 0 amide bonds. The molecule has 0 saturated heterocycles. The molecular weight excluding hydrogens is 229 g/mol. The van der Waals surface area contributed by atoms with Gasteiger partial charge in [0.2, 0.25) is 0 Å². The highest BCUT2D eigenvalue weighted by Crippen LogP contribution is 2.21. The number of aryl methyl sites for hydroxylation is 1. The maximum Gasteiger partial charge on any atom is 0.138 e. The number of ketones is 1.